The summed E-state index contributed by atoms with van der Waals surface area (Å²) < 4.78 is 28.7. The van der Waals surface area contributed by atoms with Crippen molar-refractivity contribution in [2.45, 2.75) is 32.5 Å². The average Bonchev–Trinajstić information content (AvgIpc) is 1.55. The molecular formula is C6H14O. The van der Waals surface area contributed by atoms with Gasteiger partial charge in [-0.15, -0.1) is 0 Å². The molecule has 0 aromatic carbocycles. The SMILES string of the molecule is [2H]C([2H])(C)CC([2H])([2H])CCO. The van der Waals surface area contributed by atoms with Crippen LogP contribution in [-0.4, -0.2) is 11.7 Å². The van der Waals surface area contributed by atoms with Crippen LogP contribution in [-0.2, 0) is 0 Å². The van der Waals surface area contributed by atoms with Crippen LogP contribution >= 0.6 is 0 Å². The highest BCUT2D eigenvalue weighted by Crippen LogP contribution is 1.95. The van der Waals surface area contributed by atoms with Crippen LogP contribution in [0, 0.1) is 0 Å². The van der Waals surface area contributed by atoms with E-state index in [1.807, 2.05) is 0 Å². The zero-order chi connectivity index (χ0) is 9.12. The fraction of sp³-hybridized carbons (Fsp3) is 1.00. The van der Waals surface area contributed by atoms with Gasteiger partial charge in [-0.25, -0.2) is 0 Å². The van der Waals surface area contributed by atoms with E-state index in [1.165, 1.54) is 6.92 Å². The lowest BCUT2D eigenvalue weighted by Gasteiger charge is -1.90. The maximum absolute atomic E-state index is 8.44. The van der Waals surface area contributed by atoms with Gasteiger partial charge in [0.2, 0.25) is 0 Å². The molecule has 1 nitrogen and oxygen atoms in total. The minimum atomic E-state index is -1.59. The lowest BCUT2D eigenvalue weighted by molar-refractivity contribution is 0.283. The van der Waals surface area contributed by atoms with Crippen LogP contribution in [0.4, 0.5) is 0 Å². The maximum Gasteiger partial charge on any atom is 0.0431 e. The van der Waals surface area contributed by atoms with Crippen molar-refractivity contribution in [1.82, 2.24) is 0 Å². The van der Waals surface area contributed by atoms with Gasteiger partial charge in [-0.1, -0.05) is 26.1 Å². The minimum absolute atomic E-state index is 0.000347. The molecule has 0 saturated heterocycles. The fourth-order valence-electron chi connectivity index (χ4n) is 0.292. The molecule has 0 radical (unpaired) electrons. The van der Waals surface area contributed by atoms with Crippen molar-refractivity contribution in [2.24, 2.45) is 0 Å². The number of rotatable bonds is 4. The highest BCUT2D eigenvalue weighted by molar-refractivity contribution is 4.35. The molecule has 0 rings (SSSR count). The molecule has 0 aromatic heterocycles. The van der Waals surface area contributed by atoms with Gasteiger partial charge < -0.3 is 5.11 Å². The van der Waals surface area contributed by atoms with E-state index in [2.05, 4.69) is 0 Å². The van der Waals surface area contributed by atoms with Crippen LogP contribution < -0.4 is 0 Å². The van der Waals surface area contributed by atoms with E-state index >= 15 is 0 Å². The van der Waals surface area contributed by atoms with Crippen molar-refractivity contribution >= 4 is 0 Å². The Bertz CT molecular complexity index is 118. The van der Waals surface area contributed by atoms with Crippen molar-refractivity contribution in [3.63, 3.8) is 0 Å². The number of hydrogen-bond acceptors (Lipinski definition) is 1. The molecular weight excluding hydrogens is 88.1 g/mol. The van der Waals surface area contributed by atoms with Gasteiger partial charge in [0.05, 0.1) is 0 Å². The van der Waals surface area contributed by atoms with E-state index in [1.54, 1.807) is 0 Å². The molecule has 0 spiro atoms. The Kier molecular flexibility index (Phi) is 2.12. The van der Waals surface area contributed by atoms with Crippen molar-refractivity contribution in [3.8, 4) is 0 Å². The quantitative estimate of drug-likeness (QED) is 0.576. The van der Waals surface area contributed by atoms with Crippen molar-refractivity contribution < 1.29 is 10.6 Å². The third-order valence-corrected chi connectivity index (χ3v) is 0.590. The second-order valence-corrected chi connectivity index (χ2v) is 1.25. The highest BCUT2D eigenvalue weighted by Gasteiger charge is 1.80. The summed E-state index contributed by atoms with van der Waals surface area (Å²) in [5.74, 6) is 0. The largest absolute Gasteiger partial charge is 0.396 e. The van der Waals surface area contributed by atoms with Crippen LogP contribution in [0.5, 0.6) is 0 Å². The van der Waals surface area contributed by atoms with Crippen LogP contribution in [0.25, 0.3) is 0 Å². The molecule has 0 unspecified atom stereocenters. The molecule has 0 aliphatic heterocycles. The Balaban J connectivity index is 3.91. The summed E-state index contributed by atoms with van der Waals surface area (Å²) in [4.78, 5) is 0. The number of hydrogen-bond donors (Lipinski definition) is 1. The monoisotopic (exact) mass is 106 g/mol. The Hall–Kier alpha value is -0.0400. The van der Waals surface area contributed by atoms with E-state index in [9.17, 15) is 0 Å². The third kappa shape index (κ3) is 5.96. The summed E-state index contributed by atoms with van der Waals surface area (Å²) in [5, 5.41) is 8.44. The van der Waals surface area contributed by atoms with Crippen LogP contribution in [0.1, 0.15) is 38.0 Å². The van der Waals surface area contributed by atoms with Gasteiger partial charge in [-0.3, -0.25) is 0 Å². The van der Waals surface area contributed by atoms with E-state index in [4.69, 9.17) is 10.6 Å². The minimum Gasteiger partial charge on any atom is -0.396 e. The number of aliphatic hydroxyl groups is 1. The summed E-state index contributed by atoms with van der Waals surface area (Å²) in [5.41, 5.74) is 0. The molecule has 0 bridgehead atoms. The van der Waals surface area contributed by atoms with Gasteiger partial charge in [0, 0.05) is 12.1 Å². The Morgan fingerprint density at radius 1 is 1.57 bits per heavy atom. The fourth-order valence-corrected chi connectivity index (χ4v) is 0.292. The summed E-state index contributed by atoms with van der Waals surface area (Å²) in [6.07, 6.45) is -3.26. The second-order valence-electron chi connectivity index (χ2n) is 1.25. The predicted octanol–water partition coefficient (Wildman–Crippen LogP) is 1.56. The summed E-state index contributed by atoms with van der Waals surface area (Å²) in [7, 11) is 0. The van der Waals surface area contributed by atoms with E-state index < -0.39 is 12.7 Å². The normalized spacial score (nSPS) is 22.0. The highest BCUT2D eigenvalue weighted by atomic mass is 16.2. The van der Waals surface area contributed by atoms with Gasteiger partial charge >= 0.3 is 0 Å². The topological polar surface area (TPSA) is 20.2 Å². The molecule has 0 aliphatic carbocycles. The molecule has 1 heteroatoms. The Morgan fingerprint density at radius 2 is 2.29 bits per heavy atom. The third-order valence-electron chi connectivity index (χ3n) is 0.590. The predicted molar refractivity (Wildman–Crippen MR) is 31.2 cm³/mol. The molecule has 7 heavy (non-hydrogen) atoms. The standard InChI is InChI=1S/C6H14O/c1-2-3-4-5-6-7/h7H,2-6H2,1H3/i2D2,4D2. The van der Waals surface area contributed by atoms with Crippen molar-refractivity contribution in [2.75, 3.05) is 6.61 Å². The van der Waals surface area contributed by atoms with Crippen molar-refractivity contribution in [1.29, 1.82) is 0 Å². The van der Waals surface area contributed by atoms with Gasteiger partial charge in [0.25, 0.3) is 0 Å². The second kappa shape index (κ2) is 5.96. The summed E-state index contributed by atoms with van der Waals surface area (Å²) >= 11 is 0. The summed E-state index contributed by atoms with van der Waals surface area (Å²) in [6.45, 7) is 1.10. The lowest BCUT2D eigenvalue weighted by atomic mass is 10.2. The van der Waals surface area contributed by atoms with Gasteiger partial charge in [-0.05, 0) is 6.42 Å². The molecule has 0 aromatic rings. The molecule has 0 saturated carbocycles. The summed E-state index contributed by atoms with van der Waals surface area (Å²) in [6, 6.07) is 0. The molecule has 0 aliphatic rings. The van der Waals surface area contributed by atoms with Crippen molar-refractivity contribution in [3.05, 3.63) is 0 Å². The van der Waals surface area contributed by atoms with E-state index in [0.717, 1.165) is 0 Å². The molecule has 0 amide bonds. The first-order valence-electron chi connectivity index (χ1n) is 4.38. The van der Waals surface area contributed by atoms with Crippen LogP contribution in [0.15, 0.2) is 0 Å². The molecule has 0 fully saturated rings. The smallest absolute Gasteiger partial charge is 0.0431 e. The van der Waals surface area contributed by atoms with Gasteiger partial charge in [-0.2, -0.15) is 0 Å². The Labute approximate surface area is 51.0 Å². The molecule has 0 atom stereocenters. The van der Waals surface area contributed by atoms with E-state index in [0.29, 0.717) is 0 Å². The zero-order valence-electron chi connectivity index (χ0n) is 8.57. The molecule has 1 N–H and O–H groups in total. The van der Waals surface area contributed by atoms with Crippen LogP contribution in [0.2, 0.25) is 0 Å². The first-order chi connectivity index (χ1) is 4.77. The Morgan fingerprint density at radius 3 is 2.71 bits per heavy atom. The first-order valence-corrected chi connectivity index (χ1v) is 2.38. The van der Waals surface area contributed by atoms with Gasteiger partial charge in [0.15, 0.2) is 0 Å². The maximum atomic E-state index is 8.44. The first kappa shape index (κ1) is 2.49. The van der Waals surface area contributed by atoms with Gasteiger partial charge in [0.1, 0.15) is 0 Å². The molecule has 0 heterocycles. The van der Waals surface area contributed by atoms with Crippen LogP contribution in [0.3, 0.4) is 0 Å². The zero-order valence-corrected chi connectivity index (χ0v) is 4.57. The molecule has 44 valence electrons. The lowest BCUT2D eigenvalue weighted by Crippen LogP contribution is -1.80. The van der Waals surface area contributed by atoms with E-state index in [-0.39, 0.29) is 19.4 Å². The average molecular weight is 106 g/mol. The number of aliphatic hydroxyl groups excluding tert-OH is 1.